The average Bonchev–Trinajstić information content (AvgIpc) is 3.05. The fraction of sp³-hybridized carbons (Fsp3) is 0.368. The van der Waals surface area contributed by atoms with Crippen LogP contribution in [0.2, 0.25) is 0 Å². The number of amides is 2. The number of aryl methyl sites for hydroxylation is 1. The van der Waals surface area contributed by atoms with Crippen LogP contribution in [0.5, 0.6) is 0 Å². The van der Waals surface area contributed by atoms with Crippen LogP contribution in [0.1, 0.15) is 35.6 Å². The molecule has 0 aliphatic rings. The minimum atomic E-state index is -1.09. The van der Waals surface area contributed by atoms with Crippen LogP contribution < -0.4 is 10.6 Å². The van der Waals surface area contributed by atoms with Crippen molar-refractivity contribution in [2.45, 2.75) is 33.2 Å². The van der Waals surface area contributed by atoms with Crippen molar-refractivity contribution in [3.05, 3.63) is 40.2 Å². The molecule has 0 unspecified atom stereocenters. The maximum atomic E-state index is 12.3. The summed E-state index contributed by atoms with van der Waals surface area (Å²) in [5.41, 5.74) is 2.02. The lowest BCUT2D eigenvalue weighted by molar-refractivity contribution is -0.142. The highest BCUT2D eigenvalue weighted by Crippen LogP contribution is 2.22. The van der Waals surface area contributed by atoms with E-state index >= 15 is 0 Å². The molecule has 0 saturated carbocycles. The lowest BCUT2D eigenvalue weighted by Crippen LogP contribution is -2.46. The number of carboxylic acid groups (broad SMARTS) is 1. The molecule has 2 rings (SSSR count). The van der Waals surface area contributed by atoms with Gasteiger partial charge in [-0.2, -0.15) is 0 Å². The minimum absolute atomic E-state index is 0.123. The molecule has 2 amide bonds. The summed E-state index contributed by atoms with van der Waals surface area (Å²) < 4.78 is 0. The second-order valence-electron chi connectivity index (χ2n) is 6.60. The Morgan fingerprint density at radius 3 is 2.59 bits per heavy atom. The Morgan fingerprint density at radius 2 is 2.00 bits per heavy atom. The summed E-state index contributed by atoms with van der Waals surface area (Å²) in [6.45, 7) is 5.37. The van der Waals surface area contributed by atoms with Crippen molar-refractivity contribution in [3.8, 4) is 11.3 Å². The van der Waals surface area contributed by atoms with Gasteiger partial charge in [-0.3, -0.25) is 9.59 Å². The van der Waals surface area contributed by atoms with Crippen LogP contribution in [-0.2, 0) is 9.59 Å². The van der Waals surface area contributed by atoms with Gasteiger partial charge in [-0.25, -0.2) is 9.78 Å². The zero-order valence-corrected chi connectivity index (χ0v) is 16.3. The van der Waals surface area contributed by atoms with Gasteiger partial charge in [0.1, 0.15) is 6.04 Å². The molecule has 0 aliphatic heterocycles. The second-order valence-corrected chi connectivity index (χ2v) is 7.67. The number of nitrogens with zero attached hydrogens (tertiary/aromatic N) is 1. The van der Waals surface area contributed by atoms with Crippen LogP contribution in [0.25, 0.3) is 11.3 Å². The van der Waals surface area contributed by atoms with E-state index < -0.39 is 23.8 Å². The Kier molecular flexibility index (Phi) is 7.06. The lowest BCUT2D eigenvalue weighted by Gasteiger charge is -2.16. The number of carboxylic acids is 1. The van der Waals surface area contributed by atoms with Crippen LogP contribution in [-0.4, -0.2) is 40.5 Å². The van der Waals surface area contributed by atoms with Crippen LogP contribution in [0.3, 0.4) is 0 Å². The third-order valence-corrected chi connectivity index (χ3v) is 4.56. The molecule has 7 nitrogen and oxygen atoms in total. The van der Waals surface area contributed by atoms with Gasteiger partial charge in [-0.15, -0.1) is 11.3 Å². The maximum absolute atomic E-state index is 12.3. The van der Waals surface area contributed by atoms with Gasteiger partial charge in [-0.05, 0) is 31.4 Å². The van der Waals surface area contributed by atoms with E-state index in [4.69, 9.17) is 5.11 Å². The molecule has 1 atom stereocenters. The van der Waals surface area contributed by atoms with E-state index in [2.05, 4.69) is 15.6 Å². The molecule has 3 N–H and O–H groups in total. The highest BCUT2D eigenvalue weighted by molar-refractivity contribution is 7.09. The fourth-order valence-corrected chi connectivity index (χ4v) is 3.14. The second kappa shape index (κ2) is 9.27. The van der Waals surface area contributed by atoms with Crippen molar-refractivity contribution in [1.82, 2.24) is 15.6 Å². The number of hydrogen-bond acceptors (Lipinski definition) is 5. The minimum Gasteiger partial charge on any atom is -0.480 e. The van der Waals surface area contributed by atoms with Gasteiger partial charge in [0, 0.05) is 16.5 Å². The van der Waals surface area contributed by atoms with Crippen LogP contribution in [0.4, 0.5) is 0 Å². The summed E-state index contributed by atoms with van der Waals surface area (Å²) in [5, 5.41) is 17.0. The van der Waals surface area contributed by atoms with E-state index in [1.165, 1.54) is 11.3 Å². The van der Waals surface area contributed by atoms with Crippen LogP contribution in [0, 0.1) is 12.8 Å². The Bertz CT molecular complexity index is 832. The largest absolute Gasteiger partial charge is 0.480 e. The quantitative estimate of drug-likeness (QED) is 0.643. The summed E-state index contributed by atoms with van der Waals surface area (Å²) in [6.07, 6.45) is 0.324. The van der Waals surface area contributed by atoms with E-state index in [-0.39, 0.29) is 12.5 Å². The smallest absolute Gasteiger partial charge is 0.326 e. The highest BCUT2D eigenvalue weighted by Gasteiger charge is 2.21. The molecule has 1 aromatic heterocycles. The van der Waals surface area contributed by atoms with Gasteiger partial charge in [0.2, 0.25) is 5.91 Å². The van der Waals surface area contributed by atoms with E-state index in [9.17, 15) is 14.4 Å². The fourth-order valence-electron chi connectivity index (χ4n) is 2.52. The van der Waals surface area contributed by atoms with Crippen molar-refractivity contribution in [3.63, 3.8) is 0 Å². The van der Waals surface area contributed by atoms with Gasteiger partial charge >= 0.3 is 5.97 Å². The normalized spacial score (nSPS) is 11.9. The number of benzene rings is 1. The Balaban J connectivity index is 1.95. The number of nitrogens with one attached hydrogen (secondary N) is 2. The number of hydrogen-bond donors (Lipinski definition) is 3. The van der Waals surface area contributed by atoms with Gasteiger partial charge in [0.25, 0.3) is 5.91 Å². The van der Waals surface area contributed by atoms with E-state index in [1.807, 2.05) is 32.2 Å². The molecule has 27 heavy (non-hydrogen) atoms. The molecule has 0 aliphatic carbocycles. The van der Waals surface area contributed by atoms with Gasteiger partial charge in [0.15, 0.2) is 0 Å². The molecule has 0 bridgehead atoms. The molecule has 2 aromatic rings. The summed E-state index contributed by atoms with van der Waals surface area (Å²) >= 11 is 1.53. The van der Waals surface area contributed by atoms with Gasteiger partial charge in [-0.1, -0.05) is 26.0 Å². The number of thiazole rings is 1. The van der Waals surface area contributed by atoms with Crippen molar-refractivity contribution in [1.29, 1.82) is 0 Å². The van der Waals surface area contributed by atoms with Crippen molar-refractivity contribution < 1.29 is 19.5 Å². The number of aliphatic carboxylic acids is 1. The van der Waals surface area contributed by atoms with Gasteiger partial charge in [0.05, 0.1) is 17.2 Å². The molecular weight excluding hydrogens is 366 g/mol. The Labute approximate surface area is 161 Å². The number of aromatic nitrogens is 1. The van der Waals surface area contributed by atoms with Crippen molar-refractivity contribution in [2.75, 3.05) is 6.54 Å². The Hall–Kier alpha value is -2.74. The number of carbonyl (C=O) groups excluding carboxylic acids is 2. The van der Waals surface area contributed by atoms with Crippen molar-refractivity contribution in [2.24, 2.45) is 5.92 Å². The standard InChI is InChI=1S/C19H23N3O4S/c1-11(2)7-15(19(25)26)22-17(23)9-20-18(24)14-6-4-5-13(8-14)16-10-27-12(3)21-16/h4-6,8,10-11,15H,7,9H2,1-3H3,(H,20,24)(H,22,23)(H,25,26)/t15-/m0/s1. The number of rotatable bonds is 8. The van der Waals surface area contributed by atoms with Crippen molar-refractivity contribution >= 4 is 29.1 Å². The first-order valence-corrected chi connectivity index (χ1v) is 9.47. The van der Waals surface area contributed by atoms with E-state index in [0.29, 0.717) is 12.0 Å². The third-order valence-electron chi connectivity index (χ3n) is 3.79. The molecule has 0 fully saturated rings. The summed E-state index contributed by atoms with van der Waals surface area (Å²) in [5.74, 6) is -1.91. The van der Waals surface area contributed by atoms with Crippen LogP contribution in [0.15, 0.2) is 29.6 Å². The topological polar surface area (TPSA) is 108 Å². The zero-order chi connectivity index (χ0) is 20.0. The molecule has 0 radical (unpaired) electrons. The molecule has 8 heteroatoms. The SMILES string of the molecule is Cc1nc(-c2cccc(C(=O)NCC(=O)N[C@@H](CC(C)C)C(=O)O)c2)cs1. The molecule has 0 spiro atoms. The van der Waals surface area contributed by atoms with E-state index in [0.717, 1.165) is 16.3 Å². The monoisotopic (exact) mass is 389 g/mol. The highest BCUT2D eigenvalue weighted by atomic mass is 32.1. The lowest BCUT2D eigenvalue weighted by atomic mass is 10.0. The molecule has 1 aromatic carbocycles. The molecule has 144 valence electrons. The predicted molar refractivity (Wildman–Crippen MR) is 104 cm³/mol. The maximum Gasteiger partial charge on any atom is 0.326 e. The first-order valence-electron chi connectivity index (χ1n) is 8.59. The average molecular weight is 389 g/mol. The first kappa shape index (κ1) is 20.6. The number of carbonyl (C=O) groups is 3. The zero-order valence-electron chi connectivity index (χ0n) is 15.5. The summed E-state index contributed by atoms with van der Waals surface area (Å²) in [4.78, 5) is 39.9. The first-order chi connectivity index (χ1) is 12.8. The molecule has 1 heterocycles. The predicted octanol–water partition coefficient (Wildman–Crippen LogP) is 2.46. The summed E-state index contributed by atoms with van der Waals surface area (Å²) in [7, 11) is 0. The Morgan fingerprint density at radius 1 is 1.26 bits per heavy atom. The van der Waals surface area contributed by atoms with Crippen LogP contribution >= 0.6 is 11.3 Å². The third kappa shape index (κ3) is 6.18. The molecule has 0 saturated heterocycles. The van der Waals surface area contributed by atoms with Gasteiger partial charge < -0.3 is 15.7 Å². The molecular formula is C19H23N3O4S. The summed E-state index contributed by atoms with van der Waals surface area (Å²) in [6, 6.07) is 6.00. The van der Waals surface area contributed by atoms with E-state index in [1.54, 1.807) is 18.2 Å².